The van der Waals surface area contributed by atoms with Crippen molar-refractivity contribution in [1.82, 2.24) is 15.6 Å². The molecular weight excluding hydrogens is 284 g/mol. The predicted molar refractivity (Wildman–Crippen MR) is 82.0 cm³/mol. The number of nitrogens with one attached hydrogen (secondary N) is 2. The molecule has 7 nitrogen and oxygen atoms in total. The Morgan fingerprint density at radius 2 is 2.14 bits per heavy atom. The Hall–Kier alpha value is -2.67. The number of carbonyl (C=O) groups is 1. The third-order valence-corrected chi connectivity index (χ3v) is 3.64. The zero-order chi connectivity index (χ0) is 14.8. The van der Waals surface area contributed by atoms with Crippen LogP contribution in [0.1, 0.15) is 40.7 Å². The van der Waals surface area contributed by atoms with E-state index in [-0.39, 0.29) is 17.1 Å². The van der Waals surface area contributed by atoms with E-state index in [1.165, 1.54) is 0 Å². The van der Waals surface area contributed by atoms with Crippen LogP contribution in [0.15, 0.2) is 29.4 Å². The average Bonchev–Trinajstić information content (AvgIpc) is 3.07. The number of hydrogen-bond donors (Lipinski definition) is 3. The van der Waals surface area contributed by atoms with Crippen molar-refractivity contribution in [2.45, 2.75) is 26.2 Å². The molecule has 0 saturated carbocycles. The SMILES string of the molecule is C/C(=N\NC(=O)c1n[nH]c2c1CCC2)c1ccccc1O.O. The molecule has 0 saturated heterocycles. The average molecular weight is 302 g/mol. The first-order valence-corrected chi connectivity index (χ1v) is 6.86. The summed E-state index contributed by atoms with van der Waals surface area (Å²) in [6.45, 7) is 1.73. The Morgan fingerprint density at radius 1 is 1.36 bits per heavy atom. The van der Waals surface area contributed by atoms with Crippen LogP contribution in [0.2, 0.25) is 0 Å². The van der Waals surface area contributed by atoms with Gasteiger partial charge < -0.3 is 10.6 Å². The maximum Gasteiger partial charge on any atom is 0.292 e. The molecule has 116 valence electrons. The van der Waals surface area contributed by atoms with E-state index in [1.807, 2.05) is 0 Å². The molecule has 0 radical (unpaired) electrons. The molecule has 0 aliphatic heterocycles. The molecule has 3 rings (SSSR count). The van der Waals surface area contributed by atoms with Crippen LogP contribution in [-0.2, 0) is 12.8 Å². The van der Waals surface area contributed by atoms with E-state index in [0.717, 1.165) is 30.5 Å². The summed E-state index contributed by atoms with van der Waals surface area (Å²) in [5, 5.41) is 20.7. The van der Waals surface area contributed by atoms with Crippen LogP contribution in [0.4, 0.5) is 0 Å². The molecule has 7 heteroatoms. The van der Waals surface area contributed by atoms with Crippen molar-refractivity contribution in [3.05, 3.63) is 46.8 Å². The molecule has 1 aromatic heterocycles. The molecule has 2 aromatic rings. The molecule has 0 unspecified atom stereocenters. The number of amides is 1. The van der Waals surface area contributed by atoms with Gasteiger partial charge in [0.2, 0.25) is 0 Å². The minimum absolute atomic E-state index is 0. The molecule has 1 heterocycles. The van der Waals surface area contributed by atoms with Crippen molar-refractivity contribution in [3.63, 3.8) is 0 Å². The molecule has 1 amide bonds. The minimum atomic E-state index is -0.329. The Labute approximate surface area is 127 Å². The van der Waals surface area contributed by atoms with E-state index in [4.69, 9.17) is 0 Å². The lowest BCUT2D eigenvalue weighted by Gasteiger charge is -2.04. The number of phenols is 1. The summed E-state index contributed by atoms with van der Waals surface area (Å²) in [6.07, 6.45) is 2.86. The number of aryl methyl sites for hydroxylation is 1. The number of aromatic nitrogens is 2. The van der Waals surface area contributed by atoms with E-state index in [1.54, 1.807) is 31.2 Å². The molecule has 0 atom stereocenters. The van der Waals surface area contributed by atoms with E-state index in [2.05, 4.69) is 20.7 Å². The van der Waals surface area contributed by atoms with Gasteiger partial charge in [0.1, 0.15) is 5.75 Å². The van der Waals surface area contributed by atoms with E-state index in [0.29, 0.717) is 17.0 Å². The summed E-state index contributed by atoms with van der Waals surface area (Å²) in [5.74, 6) is -0.196. The number of fused-ring (bicyclic) bond motifs is 1. The van der Waals surface area contributed by atoms with Crippen molar-refractivity contribution in [2.75, 3.05) is 0 Å². The van der Waals surface area contributed by atoms with Crippen LogP contribution in [0.25, 0.3) is 0 Å². The van der Waals surface area contributed by atoms with Gasteiger partial charge in [-0.05, 0) is 38.3 Å². The molecule has 1 aliphatic rings. The van der Waals surface area contributed by atoms with E-state index < -0.39 is 0 Å². The number of benzene rings is 1. The van der Waals surface area contributed by atoms with Gasteiger partial charge in [0.25, 0.3) is 5.91 Å². The summed E-state index contributed by atoms with van der Waals surface area (Å²) in [4.78, 5) is 12.1. The first kappa shape index (κ1) is 15.7. The minimum Gasteiger partial charge on any atom is -0.507 e. The van der Waals surface area contributed by atoms with Crippen molar-refractivity contribution >= 4 is 11.6 Å². The maximum atomic E-state index is 12.1. The lowest BCUT2D eigenvalue weighted by Crippen LogP contribution is -2.21. The number of hydrogen-bond acceptors (Lipinski definition) is 4. The quantitative estimate of drug-likeness (QED) is 0.577. The number of aromatic amines is 1. The monoisotopic (exact) mass is 302 g/mol. The van der Waals surface area contributed by atoms with Gasteiger partial charge in [-0.3, -0.25) is 9.89 Å². The van der Waals surface area contributed by atoms with Crippen molar-refractivity contribution in [2.24, 2.45) is 5.10 Å². The maximum absolute atomic E-state index is 12.1. The molecular formula is C15H18N4O3. The van der Waals surface area contributed by atoms with Gasteiger partial charge >= 0.3 is 0 Å². The van der Waals surface area contributed by atoms with Crippen molar-refractivity contribution < 1.29 is 15.4 Å². The summed E-state index contributed by atoms with van der Waals surface area (Å²) in [7, 11) is 0. The molecule has 0 bridgehead atoms. The largest absolute Gasteiger partial charge is 0.507 e. The number of H-pyrrole nitrogens is 1. The molecule has 0 spiro atoms. The van der Waals surface area contributed by atoms with Crippen LogP contribution in [0.3, 0.4) is 0 Å². The highest BCUT2D eigenvalue weighted by Crippen LogP contribution is 2.22. The normalized spacial score (nSPS) is 13.4. The van der Waals surface area contributed by atoms with Gasteiger partial charge in [-0.15, -0.1) is 0 Å². The fourth-order valence-corrected chi connectivity index (χ4v) is 2.53. The number of hydrazone groups is 1. The van der Waals surface area contributed by atoms with Crippen molar-refractivity contribution in [1.29, 1.82) is 0 Å². The summed E-state index contributed by atoms with van der Waals surface area (Å²) >= 11 is 0. The Bertz CT molecular complexity index is 721. The lowest BCUT2D eigenvalue weighted by atomic mass is 10.1. The highest BCUT2D eigenvalue weighted by atomic mass is 16.3. The summed E-state index contributed by atoms with van der Waals surface area (Å²) in [5.41, 5.74) is 6.06. The van der Waals surface area contributed by atoms with Crippen LogP contribution in [0.5, 0.6) is 5.75 Å². The second-order valence-electron chi connectivity index (χ2n) is 5.04. The number of phenolic OH excluding ortho intramolecular Hbond substituents is 1. The van der Waals surface area contributed by atoms with E-state index in [9.17, 15) is 9.90 Å². The molecule has 5 N–H and O–H groups in total. The van der Waals surface area contributed by atoms with Gasteiger partial charge in [0.15, 0.2) is 5.69 Å². The smallest absolute Gasteiger partial charge is 0.292 e. The van der Waals surface area contributed by atoms with Crippen LogP contribution < -0.4 is 5.43 Å². The highest BCUT2D eigenvalue weighted by Gasteiger charge is 2.22. The highest BCUT2D eigenvalue weighted by molar-refractivity contribution is 6.02. The predicted octanol–water partition coefficient (Wildman–Crippen LogP) is 0.933. The summed E-state index contributed by atoms with van der Waals surface area (Å²) < 4.78 is 0. The molecule has 1 aromatic carbocycles. The third kappa shape index (κ3) is 2.84. The molecule has 0 fully saturated rings. The topological polar surface area (TPSA) is 122 Å². The van der Waals surface area contributed by atoms with Gasteiger partial charge in [-0.2, -0.15) is 10.2 Å². The van der Waals surface area contributed by atoms with Gasteiger partial charge in [0.05, 0.1) is 5.71 Å². The number of carbonyl (C=O) groups excluding carboxylic acids is 1. The first-order valence-electron chi connectivity index (χ1n) is 6.86. The fraction of sp³-hybridized carbons (Fsp3) is 0.267. The Morgan fingerprint density at radius 3 is 2.91 bits per heavy atom. The van der Waals surface area contributed by atoms with E-state index >= 15 is 0 Å². The number of aromatic hydroxyl groups is 1. The van der Waals surface area contributed by atoms with Crippen LogP contribution >= 0.6 is 0 Å². The first-order chi connectivity index (χ1) is 10.2. The standard InChI is InChI=1S/C15H16N4O2.H2O/c1-9(10-5-2-3-8-13(10)20)16-19-15(21)14-11-6-4-7-12(11)17-18-14;/h2-3,5,8,20H,4,6-7H2,1H3,(H,17,18)(H,19,21);1H2/b16-9+;. The van der Waals surface area contributed by atoms with Crippen molar-refractivity contribution in [3.8, 4) is 5.75 Å². The lowest BCUT2D eigenvalue weighted by molar-refractivity contribution is 0.0949. The molecule has 22 heavy (non-hydrogen) atoms. The third-order valence-electron chi connectivity index (χ3n) is 3.64. The zero-order valence-corrected chi connectivity index (χ0v) is 12.2. The number of rotatable bonds is 3. The Balaban J connectivity index is 0.00000176. The molecule has 1 aliphatic carbocycles. The zero-order valence-electron chi connectivity index (χ0n) is 12.2. The fourth-order valence-electron chi connectivity index (χ4n) is 2.53. The van der Waals surface area contributed by atoms with Gasteiger partial charge in [-0.1, -0.05) is 12.1 Å². The van der Waals surface area contributed by atoms with Gasteiger partial charge in [0, 0.05) is 16.8 Å². The Kier molecular flexibility index (Phi) is 4.57. The number of para-hydroxylation sites is 1. The van der Waals surface area contributed by atoms with Gasteiger partial charge in [-0.25, -0.2) is 5.43 Å². The summed E-state index contributed by atoms with van der Waals surface area (Å²) in [6, 6.07) is 6.86. The second-order valence-corrected chi connectivity index (χ2v) is 5.04. The van der Waals surface area contributed by atoms with Crippen LogP contribution in [0, 0.1) is 0 Å². The second kappa shape index (κ2) is 6.40. The van der Waals surface area contributed by atoms with Crippen LogP contribution in [-0.4, -0.2) is 32.4 Å². The number of nitrogens with zero attached hydrogens (tertiary/aromatic N) is 2.